The molecule has 0 unspecified atom stereocenters. The van der Waals surface area contributed by atoms with Gasteiger partial charge in [-0.2, -0.15) is 0 Å². The van der Waals surface area contributed by atoms with Crippen LogP contribution in [0, 0.1) is 0 Å². The van der Waals surface area contributed by atoms with E-state index in [0.29, 0.717) is 34.5 Å². The number of rotatable bonds is 4. The second kappa shape index (κ2) is 9.64. The van der Waals surface area contributed by atoms with Gasteiger partial charge >= 0.3 is 6.03 Å². The Morgan fingerprint density at radius 3 is 2.71 bits per heavy atom. The third kappa shape index (κ3) is 5.33. The molecule has 2 aromatic carbocycles. The predicted octanol–water partition coefficient (Wildman–Crippen LogP) is 5.51. The third-order valence-electron chi connectivity index (χ3n) is 4.89. The van der Waals surface area contributed by atoms with E-state index in [0.717, 1.165) is 17.8 Å². The van der Waals surface area contributed by atoms with Gasteiger partial charge in [-0.25, -0.2) is 4.79 Å². The summed E-state index contributed by atoms with van der Waals surface area (Å²) in [4.78, 5) is 26.9. The number of para-hydroxylation sites is 1. The molecule has 2 N–H and O–H groups in total. The van der Waals surface area contributed by atoms with Crippen molar-refractivity contribution in [2.45, 2.75) is 18.8 Å². The summed E-state index contributed by atoms with van der Waals surface area (Å²) in [5, 5.41) is 15.9. The maximum Gasteiger partial charge on any atom is 0.321 e. The van der Waals surface area contributed by atoms with Gasteiger partial charge in [-0.3, -0.25) is 4.79 Å². The Labute approximate surface area is 193 Å². The van der Waals surface area contributed by atoms with Crippen molar-refractivity contribution in [3.63, 3.8) is 0 Å². The molecule has 0 radical (unpaired) electrons. The Bertz CT molecular complexity index is 1110. The summed E-state index contributed by atoms with van der Waals surface area (Å²) >= 11 is 13.3. The smallest absolute Gasteiger partial charge is 0.321 e. The third-order valence-corrected chi connectivity index (χ3v) is 6.54. The minimum Gasteiger partial charge on any atom is -0.324 e. The van der Waals surface area contributed by atoms with E-state index < -0.39 is 0 Å². The highest BCUT2D eigenvalue weighted by Gasteiger charge is 2.28. The first-order valence-corrected chi connectivity index (χ1v) is 11.3. The number of carbonyl (C=O) groups is 2. The number of carbonyl (C=O) groups excluding carboxylic acids is 2. The van der Waals surface area contributed by atoms with Gasteiger partial charge in [-0.1, -0.05) is 52.7 Å². The fourth-order valence-corrected chi connectivity index (χ4v) is 4.60. The second-order valence-electron chi connectivity index (χ2n) is 7.11. The SMILES string of the molecule is O=C(Nc1cccc(Cl)c1)c1nnc([C@H]2CCCN(C(=O)Nc3ccccc3Cl)C2)s1. The van der Waals surface area contributed by atoms with Crippen molar-refractivity contribution in [2.75, 3.05) is 23.7 Å². The largest absolute Gasteiger partial charge is 0.324 e. The first-order chi connectivity index (χ1) is 15.0. The first-order valence-electron chi connectivity index (χ1n) is 9.70. The van der Waals surface area contributed by atoms with E-state index in [4.69, 9.17) is 23.2 Å². The maximum atomic E-state index is 12.7. The van der Waals surface area contributed by atoms with Crippen molar-refractivity contribution in [1.82, 2.24) is 15.1 Å². The van der Waals surface area contributed by atoms with Crippen LogP contribution in [0.25, 0.3) is 0 Å². The predicted molar refractivity (Wildman–Crippen MR) is 123 cm³/mol. The molecule has 0 bridgehead atoms. The summed E-state index contributed by atoms with van der Waals surface area (Å²) in [6, 6.07) is 13.8. The summed E-state index contributed by atoms with van der Waals surface area (Å²) in [7, 11) is 0. The van der Waals surface area contributed by atoms with Gasteiger partial charge < -0.3 is 15.5 Å². The van der Waals surface area contributed by atoms with Crippen molar-refractivity contribution in [1.29, 1.82) is 0 Å². The zero-order valence-electron chi connectivity index (χ0n) is 16.3. The van der Waals surface area contributed by atoms with E-state index in [1.807, 2.05) is 12.1 Å². The molecule has 3 aromatic rings. The Morgan fingerprint density at radius 2 is 1.90 bits per heavy atom. The summed E-state index contributed by atoms with van der Waals surface area (Å²) in [5.74, 6) is -0.314. The van der Waals surface area contributed by atoms with E-state index in [2.05, 4.69) is 20.8 Å². The number of aromatic nitrogens is 2. The summed E-state index contributed by atoms with van der Waals surface area (Å²) in [6.45, 7) is 1.15. The molecule has 31 heavy (non-hydrogen) atoms. The summed E-state index contributed by atoms with van der Waals surface area (Å²) in [5.41, 5.74) is 1.17. The molecule has 1 aliphatic heterocycles. The molecule has 10 heteroatoms. The average molecular weight is 476 g/mol. The van der Waals surface area contributed by atoms with Gasteiger partial charge in [0, 0.05) is 29.7 Å². The molecular weight excluding hydrogens is 457 g/mol. The maximum absolute atomic E-state index is 12.7. The lowest BCUT2D eigenvalue weighted by Crippen LogP contribution is -2.41. The molecule has 2 heterocycles. The normalized spacial score (nSPS) is 16.1. The Morgan fingerprint density at radius 1 is 1.06 bits per heavy atom. The van der Waals surface area contributed by atoms with E-state index in [1.54, 1.807) is 41.3 Å². The standard InChI is InChI=1S/C21H19Cl2N5O2S/c22-14-6-3-7-15(11-14)24-18(29)20-27-26-19(31-20)13-5-4-10-28(12-13)21(30)25-17-9-2-1-8-16(17)23/h1-3,6-9,11,13H,4-5,10,12H2,(H,24,29)(H,25,30)/t13-/m0/s1. The lowest BCUT2D eigenvalue weighted by atomic mass is 9.99. The number of halogens is 2. The highest BCUT2D eigenvalue weighted by atomic mass is 35.5. The molecule has 4 rings (SSSR count). The molecule has 1 aliphatic rings. The van der Waals surface area contributed by atoms with Gasteiger partial charge in [0.2, 0.25) is 5.01 Å². The number of hydrogen-bond donors (Lipinski definition) is 2. The molecule has 3 amide bonds. The number of likely N-dealkylation sites (tertiary alicyclic amines) is 1. The van der Waals surface area contributed by atoms with Gasteiger partial charge in [0.1, 0.15) is 5.01 Å². The molecule has 7 nitrogen and oxygen atoms in total. The van der Waals surface area contributed by atoms with Crippen LogP contribution < -0.4 is 10.6 Å². The highest BCUT2D eigenvalue weighted by Crippen LogP contribution is 2.30. The lowest BCUT2D eigenvalue weighted by Gasteiger charge is -2.31. The van der Waals surface area contributed by atoms with Crippen LogP contribution in [0.15, 0.2) is 48.5 Å². The van der Waals surface area contributed by atoms with Crippen LogP contribution in [0.3, 0.4) is 0 Å². The molecule has 160 valence electrons. The monoisotopic (exact) mass is 475 g/mol. The summed E-state index contributed by atoms with van der Waals surface area (Å²) in [6.07, 6.45) is 1.71. The second-order valence-corrected chi connectivity index (χ2v) is 8.96. The van der Waals surface area contributed by atoms with Crippen LogP contribution in [0.5, 0.6) is 0 Å². The number of urea groups is 1. The van der Waals surface area contributed by atoms with Crippen molar-refractivity contribution in [3.8, 4) is 0 Å². The van der Waals surface area contributed by atoms with Crippen LogP contribution in [-0.4, -0.2) is 40.1 Å². The molecule has 1 saturated heterocycles. The molecule has 0 saturated carbocycles. The van der Waals surface area contributed by atoms with Gasteiger partial charge in [0.25, 0.3) is 5.91 Å². The van der Waals surface area contributed by atoms with Crippen LogP contribution in [0.4, 0.5) is 16.2 Å². The van der Waals surface area contributed by atoms with Gasteiger partial charge in [-0.15, -0.1) is 10.2 Å². The van der Waals surface area contributed by atoms with Crippen LogP contribution in [0.1, 0.15) is 33.6 Å². The Kier molecular flexibility index (Phi) is 6.70. The van der Waals surface area contributed by atoms with E-state index in [9.17, 15) is 9.59 Å². The topological polar surface area (TPSA) is 87.2 Å². The number of nitrogens with one attached hydrogen (secondary N) is 2. The molecule has 0 spiro atoms. The minimum atomic E-state index is -0.338. The average Bonchev–Trinajstić information content (AvgIpc) is 3.26. The molecule has 1 atom stereocenters. The Hall–Kier alpha value is -2.68. The quantitative estimate of drug-likeness (QED) is 0.520. The zero-order chi connectivity index (χ0) is 21.8. The van der Waals surface area contributed by atoms with E-state index in [-0.39, 0.29) is 22.9 Å². The molecular formula is C21H19Cl2N5O2S. The van der Waals surface area contributed by atoms with Crippen LogP contribution in [0.2, 0.25) is 10.0 Å². The van der Waals surface area contributed by atoms with Crippen molar-refractivity contribution in [2.24, 2.45) is 0 Å². The highest BCUT2D eigenvalue weighted by molar-refractivity contribution is 7.13. The minimum absolute atomic E-state index is 0.0240. The fourth-order valence-electron chi connectivity index (χ4n) is 3.36. The number of benzene rings is 2. The summed E-state index contributed by atoms with van der Waals surface area (Å²) < 4.78 is 0. The van der Waals surface area contributed by atoms with Crippen LogP contribution in [-0.2, 0) is 0 Å². The lowest BCUT2D eigenvalue weighted by molar-refractivity contribution is 0.102. The number of anilines is 2. The van der Waals surface area contributed by atoms with Gasteiger partial charge in [0.15, 0.2) is 0 Å². The van der Waals surface area contributed by atoms with Crippen LogP contribution >= 0.6 is 34.5 Å². The van der Waals surface area contributed by atoms with E-state index >= 15 is 0 Å². The fraction of sp³-hybridized carbons (Fsp3) is 0.238. The molecule has 1 aromatic heterocycles. The molecule has 1 fully saturated rings. The Balaban J connectivity index is 1.39. The number of hydrogen-bond acceptors (Lipinski definition) is 5. The molecule has 0 aliphatic carbocycles. The van der Waals surface area contributed by atoms with Gasteiger partial charge in [-0.05, 0) is 43.2 Å². The van der Waals surface area contributed by atoms with Crippen molar-refractivity contribution in [3.05, 3.63) is 68.6 Å². The number of nitrogens with zero attached hydrogens (tertiary/aromatic N) is 3. The zero-order valence-corrected chi connectivity index (χ0v) is 18.7. The number of amides is 3. The first kappa shape index (κ1) is 21.5. The van der Waals surface area contributed by atoms with Gasteiger partial charge in [0.05, 0.1) is 10.7 Å². The van der Waals surface area contributed by atoms with E-state index in [1.165, 1.54) is 11.3 Å². The van der Waals surface area contributed by atoms with Crippen molar-refractivity contribution >= 4 is 57.9 Å². The number of piperidine rings is 1. The van der Waals surface area contributed by atoms with Crippen molar-refractivity contribution < 1.29 is 9.59 Å².